The van der Waals surface area contributed by atoms with Gasteiger partial charge in [0.2, 0.25) is 0 Å². The van der Waals surface area contributed by atoms with Gasteiger partial charge in [0.1, 0.15) is 5.75 Å². The fourth-order valence-electron chi connectivity index (χ4n) is 2.84. The number of aliphatic hydroxyl groups is 1. The normalized spacial score (nSPS) is 21.0. The largest absolute Gasteiger partial charge is 0.497 e. The minimum absolute atomic E-state index is 0.129. The van der Waals surface area contributed by atoms with Gasteiger partial charge in [-0.2, -0.15) is 0 Å². The van der Waals surface area contributed by atoms with Crippen LogP contribution in [0.5, 0.6) is 5.75 Å². The topological polar surface area (TPSA) is 61.8 Å². The molecule has 0 heterocycles. The van der Waals surface area contributed by atoms with Crippen molar-refractivity contribution in [1.82, 2.24) is 10.2 Å². The molecule has 0 spiro atoms. The molecule has 5 nitrogen and oxygen atoms in total. The van der Waals surface area contributed by atoms with Crippen LogP contribution in [0.2, 0.25) is 0 Å². The monoisotopic (exact) mass is 306 g/mol. The Hall–Kier alpha value is -1.75. The fourth-order valence-corrected chi connectivity index (χ4v) is 2.84. The molecule has 2 rings (SSSR count). The van der Waals surface area contributed by atoms with E-state index >= 15 is 0 Å². The second-order valence-electron chi connectivity index (χ2n) is 6.76. The summed E-state index contributed by atoms with van der Waals surface area (Å²) in [6.07, 6.45) is 1.88. The van der Waals surface area contributed by atoms with E-state index in [9.17, 15) is 9.90 Å². The summed E-state index contributed by atoms with van der Waals surface area (Å²) in [6.45, 7) is 3.70. The summed E-state index contributed by atoms with van der Waals surface area (Å²) in [6, 6.07) is 8.17. The predicted molar refractivity (Wildman–Crippen MR) is 86.2 cm³/mol. The van der Waals surface area contributed by atoms with Gasteiger partial charge in [-0.15, -0.1) is 0 Å². The molecule has 1 aromatic carbocycles. The molecular formula is C17H26N2O3. The van der Waals surface area contributed by atoms with E-state index in [0.29, 0.717) is 12.5 Å². The molecule has 1 aliphatic rings. The van der Waals surface area contributed by atoms with Crippen LogP contribution in [-0.2, 0) is 0 Å². The van der Waals surface area contributed by atoms with Gasteiger partial charge in [0.25, 0.3) is 0 Å². The number of nitrogens with one attached hydrogen (secondary N) is 1. The third-order valence-corrected chi connectivity index (χ3v) is 4.00. The molecule has 2 N–H and O–H groups in total. The van der Waals surface area contributed by atoms with Crippen LogP contribution >= 0.6 is 0 Å². The van der Waals surface area contributed by atoms with Gasteiger partial charge in [-0.1, -0.05) is 12.1 Å². The van der Waals surface area contributed by atoms with E-state index in [1.807, 2.05) is 12.1 Å². The molecule has 1 saturated carbocycles. The lowest BCUT2D eigenvalue weighted by molar-refractivity contribution is 0.0521. The van der Waals surface area contributed by atoms with Crippen LogP contribution in [0.25, 0.3) is 0 Å². The summed E-state index contributed by atoms with van der Waals surface area (Å²) < 4.78 is 5.24. The number of benzene rings is 1. The fraction of sp³-hybridized carbons (Fsp3) is 0.588. The maximum atomic E-state index is 12.1. The van der Waals surface area contributed by atoms with E-state index in [2.05, 4.69) is 17.4 Å². The molecule has 22 heavy (non-hydrogen) atoms. The van der Waals surface area contributed by atoms with Crippen molar-refractivity contribution in [3.63, 3.8) is 0 Å². The van der Waals surface area contributed by atoms with Gasteiger partial charge < -0.3 is 20.1 Å². The molecule has 2 amide bonds. The van der Waals surface area contributed by atoms with Gasteiger partial charge >= 0.3 is 6.03 Å². The van der Waals surface area contributed by atoms with Crippen molar-refractivity contribution in [1.29, 1.82) is 0 Å². The number of carbonyl (C=O) groups excluding carboxylic acids is 1. The quantitative estimate of drug-likeness (QED) is 0.878. The highest BCUT2D eigenvalue weighted by atomic mass is 16.5. The third kappa shape index (κ3) is 4.37. The molecule has 1 aliphatic carbocycles. The molecule has 0 aliphatic heterocycles. The number of amides is 2. The van der Waals surface area contributed by atoms with Crippen LogP contribution in [-0.4, -0.2) is 48.4 Å². The highest BCUT2D eigenvalue weighted by molar-refractivity contribution is 5.74. The first-order chi connectivity index (χ1) is 10.3. The summed E-state index contributed by atoms with van der Waals surface area (Å²) in [7, 11) is 3.37. The minimum atomic E-state index is -0.880. The van der Waals surface area contributed by atoms with E-state index in [1.54, 1.807) is 28.0 Å². The molecule has 0 unspecified atom stereocenters. The van der Waals surface area contributed by atoms with Crippen LogP contribution in [0.15, 0.2) is 24.3 Å². The molecule has 5 heteroatoms. The van der Waals surface area contributed by atoms with Crippen molar-refractivity contribution in [2.75, 3.05) is 20.7 Å². The van der Waals surface area contributed by atoms with Crippen LogP contribution in [0.3, 0.4) is 0 Å². The van der Waals surface area contributed by atoms with Crippen LogP contribution in [0.4, 0.5) is 4.79 Å². The Kier molecular flexibility index (Phi) is 4.96. The molecule has 0 bridgehead atoms. The Bertz CT molecular complexity index is 519. The Morgan fingerprint density at radius 2 is 2.14 bits per heavy atom. The Morgan fingerprint density at radius 3 is 2.73 bits per heavy atom. The zero-order valence-corrected chi connectivity index (χ0v) is 13.8. The minimum Gasteiger partial charge on any atom is -0.497 e. The van der Waals surface area contributed by atoms with Crippen molar-refractivity contribution in [3.05, 3.63) is 29.8 Å². The van der Waals surface area contributed by atoms with Gasteiger partial charge in [-0.05, 0) is 50.3 Å². The molecule has 1 fully saturated rings. The number of rotatable bonds is 5. The number of carbonyl (C=O) groups is 1. The summed E-state index contributed by atoms with van der Waals surface area (Å²) in [4.78, 5) is 13.6. The lowest BCUT2D eigenvalue weighted by Gasteiger charge is -2.37. The van der Waals surface area contributed by atoms with Gasteiger partial charge in [-0.25, -0.2) is 4.79 Å². The van der Waals surface area contributed by atoms with Gasteiger partial charge in [-0.3, -0.25) is 0 Å². The van der Waals surface area contributed by atoms with E-state index < -0.39 is 5.60 Å². The van der Waals surface area contributed by atoms with E-state index in [0.717, 1.165) is 18.6 Å². The average Bonchev–Trinajstić information content (AvgIpc) is 2.40. The zero-order valence-electron chi connectivity index (χ0n) is 13.8. The maximum Gasteiger partial charge on any atom is 0.317 e. The zero-order chi connectivity index (χ0) is 16.3. The van der Waals surface area contributed by atoms with Gasteiger partial charge in [0.05, 0.1) is 19.3 Å². The first-order valence-corrected chi connectivity index (χ1v) is 7.66. The predicted octanol–water partition coefficient (Wildman–Crippen LogP) is 2.35. The lowest BCUT2D eigenvalue weighted by atomic mass is 9.76. The van der Waals surface area contributed by atoms with Gasteiger partial charge in [0.15, 0.2) is 0 Å². The first-order valence-electron chi connectivity index (χ1n) is 7.66. The molecule has 122 valence electrons. The summed E-state index contributed by atoms with van der Waals surface area (Å²) in [5.74, 6) is 1.34. The number of hydrogen-bond acceptors (Lipinski definition) is 3. The van der Waals surface area contributed by atoms with E-state index in [1.165, 1.54) is 10.5 Å². The van der Waals surface area contributed by atoms with Crippen molar-refractivity contribution in [2.24, 2.45) is 0 Å². The SMILES string of the molecule is COc1cccc(C2CC(NC(=O)N(C)CC(C)(C)O)C2)c1. The number of nitrogens with zero attached hydrogens (tertiary/aromatic N) is 1. The standard InChI is InChI=1S/C17H26N2O3/c1-17(2,21)11-19(3)16(20)18-14-8-13(9-14)12-6-5-7-15(10-12)22-4/h5-7,10,13-14,21H,8-9,11H2,1-4H3,(H,18,20). The smallest absolute Gasteiger partial charge is 0.317 e. The molecule has 0 atom stereocenters. The number of ether oxygens (including phenoxy) is 1. The Labute approximate surface area is 132 Å². The number of methoxy groups -OCH3 is 1. The van der Waals surface area contributed by atoms with E-state index in [-0.39, 0.29) is 12.1 Å². The number of likely N-dealkylation sites (N-methyl/N-ethyl adjacent to an activating group) is 1. The highest BCUT2D eigenvalue weighted by Crippen LogP contribution is 2.38. The van der Waals surface area contributed by atoms with Crippen LogP contribution < -0.4 is 10.1 Å². The van der Waals surface area contributed by atoms with Crippen molar-refractivity contribution in [2.45, 2.75) is 44.2 Å². The second kappa shape index (κ2) is 6.57. The Morgan fingerprint density at radius 1 is 1.45 bits per heavy atom. The van der Waals surface area contributed by atoms with Crippen molar-refractivity contribution < 1.29 is 14.6 Å². The lowest BCUT2D eigenvalue weighted by Crippen LogP contribution is -2.50. The van der Waals surface area contributed by atoms with Crippen molar-refractivity contribution in [3.8, 4) is 5.75 Å². The van der Waals surface area contributed by atoms with Crippen LogP contribution in [0.1, 0.15) is 38.2 Å². The number of urea groups is 1. The molecule has 0 aromatic heterocycles. The third-order valence-electron chi connectivity index (χ3n) is 4.00. The highest BCUT2D eigenvalue weighted by Gasteiger charge is 2.32. The summed E-state index contributed by atoms with van der Waals surface area (Å²) in [5.41, 5.74) is 0.379. The first kappa shape index (κ1) is 16.6. The van der Waals surface area contributed by atoms with Crippen LogP contribution in [0, 0.1) is 0 Å². The maximum absolute atomic E-state index is 12.1. The van der Waals surface area contributed by atoms with E-state index in [4.69, 9.17) is 4.74 Å². The summed E-state index contributed by atoms with van der Waals surface area (Å²) in [5, 5.41) is 12.8. The second-order valence-corrected chi connectivity index (χ2v) is 6.76. The molecule has 1 aromatic rings. The van der Waals surface area contributed by atoms with Crippen molar-refractivity contribution >= 4 is 6.03 Å². The number of hydrogen-bond donors (Lipinski definition) is 2. The summed E-state index contributed by atoms with van der Waals surface area (Å²) >= 11 is 0. The molecule has 0 saturated heterocycles. The Balaban J connectivity index is 1.80. The molecular weight excluding hydrogens is 280 g/mol. The average molecular weight is 306 g/mol. The molecule has 0 radical (unpaired) electrons. The van der Waals surface area contributed by atoms with Gasteiger partial charge in [0, 0.05) is 13.1 Å².